The molecule has 0 radical (unpaired) electrons. The lowest BCUT2D eigenvalue weighted by molar-refractivity contribution is -0.140. The summed E-state index contributed by atoms with van der Waals surface area (Å²) < 4.78 is 6.12. The van der Waals surface area contributed by atoms with Crippen LogP contribution in [0.25, 0.3) is 0 Å². The Morgan fingerprint density at radius 1 is 1.15 bits per heavy atom. The highest BCUT2D eigenvalue weighted by atomic mass is 16.5. The molecule has 1 unspecified atom stereocenters. The number of nitrogens with zero attached hydrogens (tertiary/aromatic N) is 4. The van der Waals surface area contributed by atoms with Gasteiger partial charge in [0.1, 0.15) is 12.4 Å². The van der Waals surface area contributed by atoms with E-state index in [1.165, 1.54) is 0 Å². The number of hydrogen-bond donors (Lipinski definition) is 0. The van der Waals surface area contributed by atoms with Crippen LogP contribution >= 0.6 is 0 Å². The molecule has 6 nitrogen and oxygen atoms in total. The molecule has 1 spiro atoms. The molecular weight excluding hydrogens is 340 g/mol. The SMILES string of the molecule is Cc1nccc(CN2CCCC3(CC2)CN(c2ccccc2)C(=O)CO3)n1. The van der Waals surface area contributed by atoms with Gasteiger partial charge >= 0.3 is 0 Å². The molecule has 4 rings (SSSR count). The minimum absolute atomic E-state index is 0.0457. The second kappa shape index (κ2) is 7.74. The first-order chi connectivity index (χ1) is 13.1. The molecule has 6 heteroatoms. The first-order valence-corrected chi connectivity index (χ1v) is 9.64. The molecule has 1 aromatic carbocycles. The summed E-state index contributed by atoms with van der Waals surface area (Å²) in [5, 5.41) is 0. The van der Waals surface area contributed by atoms with Crippen LogP contribution in [-0.2, 0) is 16.1 Å². The molecule has 2 fully saturated rings. The summed E-state index contributed by atoms with van der Waals surface area (Å²) in [6, 6.07) is 11.9. The summed E-state index contributed by atoms with van der Waals surface area (Å²) in [5.74, 6) is 0.857. The summed E-state index contributed by atoms with van der Waals surface area (Å²) in [5.41, 5.74) is 1.77. The lowest BCUT2D eigenvalue weighted by atomic mass is 9.92. The van der Waals surface area contributed by atoms with Gasteiger partial charge in [-0.2, -0.15) is 0 Å². The van der Waals surface area contributed by atoms with Crippen molar-refractivity contribution in [3.8, 4) is 0 Å². The van der Waals surface area contributed by atoms with Crippen molar-refractivity contribution in [3.63, 3.8) is 0 Å². The Labute approximate surface area is 160 Å². The molecule has 1 aromatic heterocycles. The molecule has 0 aliphatic carbocycles. The summed E-state index contributed by atoms with van der Waals surface area (Å²) >= 11 is 0. The predicted octanol–water partition coefficient (Wildman–Crippen LogP) is 2.57. The first kappa shape index (κ1) is 18.1. The molecule has 0 N–H and O–H groups in total. The molecule has 2 aromatic rings. The number of anilines is 1. The number of amides is 1. The smallest absolute Gasteiger partial charge is 0.253 e. The highest BCUT2D eigenvalue weighted by Crippen LogP contribution is 2.33. The van der Waals surface area contributed by atoms with Gasteiger partial charge in [-0.3, -0.25) is 9.69 Å². The Morgan fingerprint density at radius 2 is 2.00 bits per heavy atom. The van der Waals surface area contributed by atoms with Gasteiger partial charge in [0, 0.05) is 25.0 Å². The van der Waals surface area contributed by atoms with Gasteiger partial charge in [-0.15, -0.1) is 0 Å². The lowest BCUT2D eigenvalue weighted by Gasteiger charge is -2.42. The third-order valence-corrected chi connectivity index (χ3v) is 5.53. The van der Waals surface area contributed by atoms with Gasteiger partial charge in [-0.05, 0) is 50.9 Å². The van der Waals surface area contributed by atoms with Gasteiger partial charge in [-0.25, -0.2) is 9.97 Å². The summed E-state index contributed by atoms with van der Waals surface area (Å²) in [6.45, 7) is 5.52. The normalized spacial score (nSPS) is 24.2. The largest absolute Gasteiger partial charge is 0.363 e. The minimum Gasteiger partial charge on any atom is -0.363 e. The van der Waals surface area contributed by atoms with Gasteiger partial charge in [-0.1, -0.05) is 18.2 Å². The van der Waals surface area contributed by atoms with Crippen LogP contribution in [0.2, 0.25) is 0 Å². The number of morpholine rings is 1. The topological polar surface area (TPSA) is 58.6 Å². The number of aryl methyl sites for hydroxylation is 1. The van der Waals surface area contributed by atoms with Crippen molar-refractivity contribution in [1.29, 1.82) is 0 Å². The van der Waals surface area contributed by atoms with Crippen LogP contribution < -0.4 is 4.90 Å². The Bertz CT molecular complexity index is 798. The van der Waals surface area contributed by atoms with Gasteiger partial charge < -0.3 is 9.64 Å². The van der Waals surface area contributed by atoms with Crippen LogP contribution in [0.15, 0.2) is 42.6 Å². The maximum Gasteiger partial charge on any atom is 0.253 e. The molecule has 27 heavy (non-hydrogen) atoms. The van der Waals surface area contributed by atoms with Crippen LogP contribution in [0.1, 0.15) is 30.8 Å². The molecule has 3 heterocycles. The number of carbonyl (C=O) groups is 1. The fraction of sp³-hybridized carbons (Fsp3) is 0.476. The van der Waals surface area contributed by atoms with E-state index in [4.69, 9.17) is 4.74 Å². The molecule has 2 aliphatic rings. The molecular formula is C21H26N4O2. The molecule has 1 atom stereocenters. The van der Waals surface area contributed by atoms with Crippen LogP contribution in [-0.4, -0.2) is 52.6 Å². The van der Waals surface area contributed by atoms with Crippen molar-refractivity contribution >= 4 is 11.6 Å². The number of hydrogen-bond acceptors (Lipinski definition) is 5. The first-order valence-electron chi connectivity index (χ1n) is 9.64. The van der Waals surface area contributed by atoms with E-state index >= 15 is 0 Å². The summed E-state index contributed by atoms with van der Waals surface area (Å²) in [7, 11) is 0. The van der Waals surface area contributed by atoms with Crippen molar-refractivity contribution in [1.82, 2.24) is 14.9 Å². The zero-order chi connectivity index (χ0) is 18.7. The van der Waals surface area contributed by atoms with Gasteiger partial charge in [0.05, 0.1) is 17.8 Å². The third kappa shape index (κ3) is 4.17. The van der Waals surface area contributed by atoms with Crippen molar-refractivity contribution in [2.24, 2.45) is 0 Å². The van der Waals surface area contributed by atoms with E-state index in [0.717, 1.165) is 56.1 Å². The van der Waals surface area contributed by atoms with Crippen LogP contribution in [0.3, 0.4) is 0 Å². The molecule has 142 valence electrons. The van der Waals surface area contributed by atoms with E-state index in [9.17, 15) is 4.79 Å². The highest BCUT2D eigenvalue weighted by molar-refractivity contribution is 5.95. The monoisotopic (exact) mass is 366 g/mol. The molecule has 2 saturated heterocycles. The number of aromatic nitrogens is 2. The number of carbonyl (C=O) groups excluding carboxylic acids is 1. The van der Waals surface area contributed by atoms with Crippen LogP contribution in [0, 0.1) is 6.92 Å². The van der Waals surface area contributed by atoms with Gasteiger partial charge in [0.25, 0.3) is 5.91 Å². The third-order valence-electron chi connectivity index (χ3n) is 5.53. The maximum atomic E-state index is 12.4. The second-order valence-corrected chi connectivity index (χ2v) is 7.51. The van der Waals surface area contributed by atoms with Gasteiger partial charge in [0.15, 0.2) is 0 Å². The fourth-order valence-electron chi connectivity index (χ4n) is 4.06. The zero-order valence-electron chi connectivity index (χ0n) is 15.8. The van der Waals surface area contributed by atoms with E-state index < -0.39 is 0 Å². The predicted molar refractivity (Wildman–Crippen MR) is 103 cm³/mol. The molecule has 2 aliphatic heterocycles. The zero-order valence-corrected chi connectivity index (χ0v) is 15.8. The van der Waals surface area contributed by atoms with Crippen molar-refractivity contribution in [3.05, 3.63) is 54.1 Å². The van der Waals surface area contributed by atoms with E-state index in [0.29, 0.717) is 6.54 Å². The lowest BCUT2D eigenvalue weighted by Crippen LogP contribution is -2.55. The number of benzene rings is 1. The van der Waals surface area contributed by atoms with E-state index in [1.54, 1.807) is 0 Å². The van der Waals surface area contributed by atoms with Crippen molar-refractivity contribution < 1.29 is 9.53 Å². The average molecular weight is 366 g/mol. The summed E-state index contributed by atoms with van der Waals surface area (Å²) in [6.07, 6.45) is 4.78. The van der Waals surface area contributed by atoms with Gasteiger partial charge in [0.2, 0.25) is 0 Å². The average Bonchev–Trinajstić information content (AvgIpc) is 2.87. The van der Waals surface area contributed by atoms with E-state index in [1.807, 2.05) is 54.4 Å². The minimum atomic E-state index is -0.250. The Balaban J connectivity index is 1.44. The number of para-hydroxylation sites is 1. The number of rotatable bonds is 3. The quantitative estimate of drug-likeness (QED) is 0.836. The highest BCUT2D eigenvalue weighted by Gasteiger charge is 2.41. The second-order valence-electron chi connectivity index (χ2n) is 7.51. The Kier molecular flexibility index (Phi) is 5.18. The van der Waals surface area contributed by atoms with Crippen molar-refractivity contribution in [2.45, 2.75) is 38.3 Å². The molecule has 0 saturated carbocycles. The fourth-order valence-corrected chi connectivity index (χ4v) is 4.06. The maximum absolute atomic E-state index is 12.4. The molecule has 1 amide bonds. The van der Waals surface area contributed by atoms with Crippen LogP contribution in [0.4, 0.5) is 5.69 Å². The van der Waals surface area contributed by atoms with Crippen LogP contribution in [0.5, 0.6) is 0 Å². The van der Waals surface area contributed by atoms with E-state index in [-0.39, 0.29) is 18.1 Å². The van der Waals surface area contributed by atoms with E-state index in [2.05, 4.69) is 14.9 Å². The standard InChI is InChI=1S/C21H26N4O2/c1-17-22-11-8-18(23-17)14-24-12-5-9-21(10-13-24)16-25(20(26)15-27-21)19-6-3-2-4-7-19/h2-4,6-8,11H,5,9-10,12-16H2,1H3. The van der Waals surface area contributed by atoms with Crippen molar-refractivity contribution in [2.75, 3.05) is 31.1 Å². The Hall–Kier alpha value is -2.31. The number of ether oxygens (including phenoxy) is 1. The summed E-state index contributed by atoms with van der Waals surface area (Å²) in [4.78, 5) is 25.5. The molecule has 0 bridgehead atoms. The Morgan fingerprint density at radius 3 is 2.81 bits per heavy atom. The number of likely N-dealkylation sites (tertiary alicyclic amines) is 1.